The lowest BCUT2D eigenvalue weighted by Gasteiger charge is -2.05. The van der Waals surface area contributed by atoms with Crippen molar-refractivity contribution in [1.82, 2.24) is 5.48 Å². The number of aliphatic carboxylic acids is 1. The molecule has 2 unspecified atom stereocenters. The number of aliphatic imine (C=N–C) groups is 2. The van der Waals surface area contributed by atoms with Crippen molar-refractivity contribution >= 4 is 36.8 Å². The number of carbonyl (C=O) groups excluding carboxylic acids is 2. The lowest BCUT2D eigenvalue weighted by Crippen LogP contribution is -2.23. The maximum atomic E-state index is 11.4. The van der Waals surface area contributed by atoms with Gasteiger partial charge in [-0.3, -0.25) is 24.4 Å². The van der Waals surface area contributed by atoms with Gasteiger partial charge in [0.2, 0.25) is 0 Å². The second kappa shape index (κ2) is 11.3. The number of rotatable bonds is 10. The number of carboxylic acids is 1. The van der Waals surface area contributed by atoms with Crippen molar-refractivity contribution in [3.63, 3.8) is 0 Å². The van der Waals surface area contributed by atoms with Crippen LogP contribution in [0.2, 0.25) is 0 Å². The van der Waals surface area contributed by atoms with Crippen molar-refractivity contribution in [2.75, 3.05) is 13.2 Å². The molecule has 2 aromatic carbocycles. The first kappa shape index (κ1) is 22.5. The van der Waals surface area contributed by atoms with Gasteiger partial charge in [0.25, 0.3) is 5.91 Å². The number of nitrogens with one attached hydrogen (secondary N) is 1. The highest BCUT2D eigenvalue weighted by Crippen LogP contribution is 2.05. The molecule has 2 N–H and O–H groups in total. The molecule has 0 saturated carbocycles. The van der Waals surface area contributed by atoms with Crippen molar-refractivity contribution < 1.29 is 29.2 Å². The fourth-order valence-electron chi connectivity index (χ4n) is 2.52. The van der Waals surface area contributed by atoms with Crippen LogP contribution in [-0.2, 0) is 19.3 Å². The van der Waals surface area contributed by atoms with E-state index < -0.39 is 18.1 Å². The van der Waals surface area contributed by atoms with E-state index in [1.807, 2.05) is 0 Å². The molecule has 0 aromatic heterocycles. The van der Waals surface area contributed by atoms with Gasteiger partial charge in [-0.25, -0.2) is 10.3 Å². The van der Waals surface area contributed by atoms with E-state index in [0.717, 1.165) is 11.8 Å². The van der Waals surface area contributed by atoms with Crippen molar-refractivity contribution in [3.05, 3.63) is 70.8 Å². The Bertz CT molecular complexity index is 1030. The van der Waals surface area contributed by atoms with Crippen LogP contribution in [0.15, 0.2) is 63.7 Å². The first-order valence-corrected chi connectivity index (χ1v) is 9.56. The quantitative estimate of drug-likeness (QED) is 0.327. The summed E-state index contributed by atoms with van der Waals surface area (Å²) in [7, 11) is 0. The smallest absolute Gasteiger partial charge is 0.332 e. The first-order chi connectivity index (χ1) is 15.5. The summed E-state index contributed by atoms with van der Waals surface area (Å²) in [6.45, 7) is -0.0553. The van der Waals surface area contributed by atoms with Gasteiger partial charge in [0, 0.05) is 18.0 Å². The van der Waals surface area contributed by atoms with E-state index >= 15 is 0 Å². The van der Waals surface area contributed by atoms with E-state index in [0.29, 0.717) is 16.7 Å². The Balaban J connectivity index is 1.52. The average Bonchev–Trinajstić information content (AvgIpc) is 3.22. The van der Waals surface area contributed by atoms with Crippen LogP contribution in [-0.4, -0.2) is 67.2 Å². The highest BCUT2D eigenvalue weighted by molar-refractivity contribution is 5.88. The van der Waals surface area contributed by atoms with Crippen LogP contribution in [0.3, 0.4) is 0 Å². The van der Waals surface area contributed by atoms with E-state index in [-0.39, 0.29) is 19.1 Å². The van der Waals surface area contributed by atoms with Crippen LogP contribution < -0.4 is 5.48 Å². The first-order valence-electron chi connectivity index (χ1n) is 9.56. The Morgan fingerprint density at radius 3 is 2.22 bits per heavy atom. The number of aldehydes is 1. The molecule has 1 saturated heterocycles. The van der Waals surface area contributed by atoms with E-state index in [1.165, 1.54) is 12.4 Å². The molecule has 164 valence electrons. The molecule has 10 nitrogen and oxygen atoms in total. The monoisotopic (exact) mass is 436 g/mol. The van der Waals surface area contributed by atoms with E-state index in [1.54, 1.807) is 54.7 Å². The third kappa shape index (κ3) is 6.67. The van der Waals surface area contributed by atoms with Crippen molar-refractivity contribution in [2.24, 2.45) is 15.1 Å². The van der Waals surface area contributed by atoms with Gasteiger partial charge in [0.1, 0.15) is 19.5 Å². The summed E-state index contributed by atoms with van der Waals surface area (Å²) in [5, 5.41) is 13.1. The number of hydroxylamine groups is 1. The number of carboxylic acid groups (broad SMARTS) is 1. The summed E-state index contributed by atoms with van der Waals surface area (Å²) in [5.74, 6) is -1.43. The third-order valence-corrected chi connectivity index (χ3v) is 4.33. The topological polar surface area (TPSA) is 139 Å². The van der Waals surface area contributed by atoms with E-state index in [9.17, 15) is 19.5 Å². The minimum atomic E-state index is -1.15. The zero-order valence-electron chi connectivity index (χ0n) is 16.8. The Labute approximate surface area is 183 Å². The minimum absolute atomic E-state index is 0.190. The molecule has 3 rings (SSSR count). The maximum absolute atomic E-state index is 11.4. The van der Waals surface area contributed by atoms with Crippen molar-refractivity contribution in [2.45, 2.75) is 12.1 Å². The van der Waals surface area contributed by atoms with Gasteiger partial charge in [0.15, 0.2) is 12.1 Å². The van der Waals surface area contributed by atoms with Crippen LogP contribution >= 0.6 is 0 Å². The van der Waals surface area contributed by atoms with Crippen LogP contribution in [0, 0.1) is 0 Å². The van der Waals surface area contributed by atoms with Crippen LogP contribution in [0.1, 0.15) is 27.0 Å². The zero-order chi connectivity index (χ0) is 22.8. The largest absolute Gasteiger partial charge is 0.480 e. The van der Waals surface area contributed by atoms with Crippen LogP contribution in [0.5, 0.6) is 0 Å². The highest BCUT2D eigenvalue weighted by atomic mass is 16.7. The molecule has 0 aliphatic carbocycles. The number of benzene rings is 2. The predicted molar refractivity (Wildman–Crippen MR) is 116 cm³/mol. The van der Waals surface area contributed by atoms with Gasteiger partial charge in [-0.05, 0) is 16.7 Å². The van der Waals surface area contributed by atoms with Gasteiger partial charge in [0.05, 0.1) is 6.21 Å². The Hall–Kier alpha value is -4.18. The number of carbonyl (C=O) groups is 3. The molecular formula is C22H20N4O6. The normalized spacial score (nSPS) is 17.1. The molecule has 1 heterocycles. The Morgan fingerprint density at radius 1 is 1.06 bits per heavy atom. The summed E-state index contributed by atoms with van der Waals surface area (Å²) in [5.41, 5.74) is 4.94. The summed E-state index contributed by atoms with van der Waals surface area (Å²) in [6, 6.07) is 12.0. The van der Waals surface area contributed by atoms with Gasteiger partial charge in [-0.2, -0.15) is 0 Å². The summed E-state index contributed by atoms with van der Waals surface area (Å²) in [4.78, 5) is 51.5. The predicted octanol–water partition coefficient (Wildman–Crippen LogP) is 1.27. The third-order valence-electron chi connectivity index (χ3n) is 4.33. The summed E-state index contributed by atoms with van der Waals surface area (Å²) < 4.78 is 0. The summed E-state index contributed by atoms with van der Waals surface area (Å²) in [6.07, 6.45) is 5.15. The lowest BCUT2D eigenvalue weighted by molar-refractivity contribution is -0.139. The fraction of sp³-hybridized carbons (Fsp3) is 0.182. The number of hydrogen-bond acceptors (Lipinski definition) is 8. The lowest BCUT2D eigenvalue weighted by atomic mass is 10.1. The van der Waals surface area contributed by atoms with Gasteiger partial charge in [-0.1, -0.05) is 53.7 Å². The molecule has 1 aliphatic rings. The number of hydrogen-bond donors (Lipinski definition) is 2. The van der Waals surface area contributed by atoms with E-state index in [4.69, 9.17) is 9.68 Å². The maximum Gasteiger partial charge on any atom is 0.332 e. The van der Waals surface area contributed by atoms with Gasteiger partial charge in [-0.15, -0.1) is 0 Å². The van der Waals surface area contributed by atoms with Gasteiger partial charge < -0.3 is 9.94 Å². The zero-order valence-corrected chi connectivity index (χ0v) is 16.8. The fourth-order valence-corrected chi connectivity index (χ4v) is 2.52. The second-order valence-corrected chi connectivity index (χ2v) is 6.68. The van der Waals surface area contributed by atoms with Crippen LogP contribution in [0.25, 0.3) is 0 Å². The highest BCUT2D eigenvalue weighted by Gasteiger charge is 2.23. The second-order valence-electron chi connectivity index (χ2n) is 6.68. The minimum Gasteiger partial charge on any atom is -0.480 e. The van der Waals surface area contributed by atoms with Crippen LogP contribution in [0.4, 0.5) is 0 Å². The molecule has 2 atom stereocenters. The Kier molecular flexibility index (Phi) is 7.93. The molecular weight excluding hydrogens is 416 g/mol. The standard InChI is InChI=1S/C22H20N4O6/c27-12-18-7-5-17(6-8-18)11-25-31-14-20(22(29)30)24-10-16-3-1-15(2-4-16)9-23-19-13-32-26-21(19)28/h1-12,19-20H,13-14H2,(H,26,28)(H,29,30). The number of oxime groups is 1. The molecule has 10 heteroatoms. The molecule has 0 radical (unpaired) electrons. The molecule has 2 aromatic rings. The van der Waals surface area contributed by atoms with Crippen molar-refractivity contribution in [1.29, 1.82) is 0 Å². The van der Waals surface area contributed by atoms with Crippen molar-refractivity contribution in [3.8, 4) is 0 Å². The summed E-state index contributed by atoms with van der Waals surface area (Å²) >= 11 is 0. The SMILES string of the molecule is O=Cc1ccc(C=NOCC(N=Cc2ccc(C=NC3CONC3=O)cc2)C(=O)O)cc1. The molecule has 32 heavy (non-hydrogen) atoms. The Morgan fingerprint density at radius 2 is 1.66 bits per heavy atom. The molecule has 1 amide bonds. The number of nitrogens with zero attached hydrogens (tertiary/aromatic N) is 3. The molecule has 0 spiro atoms. The molecule has 1 aliphatic heterocycles. The number of amides is 1. The molecule has 1 fully saturated rings. The molecule has 0 bridgehead atoms. The van der Waals surface area contributed by atoms with Gasteiger partial charge >= 0.3 is 5.97 Å². The average molecular weight is 436 g/mol. The van der Waals surface area contributed by atoms with E-state index in [2.05, 4.69) is 20.6 Å².